The predicted octanol–water partition coefficient (Wildman–Crippen LogP) is 5.63. The normalized spacial score (nSPS) is 19.0. The molecule has 2 nitrogen and oxygen atoms in total. The fourth-order valence-corrected chi connectivity index (χ4v) is 4.45. The summed E-state index contributed by atoms with van der Waals surface area (Å²) in [5.41, 5.74) is 6.72. The summed E-state index contributed by atoms with van der Waals surface area (Å²) in [7, 11) is 0. The van der Waals surface area contributed by atoms with Crippen molar-refractivity contribution in [2.45, 2.75) is 31.8 Å². The summed E-state index contributed by atoms with van der Waals surface area (Å²) in [6.07, 6.45) is 3.56. The van der Waals surface area contributed by atoms with Crippen LogP contribution in [0.4, 0.5) is 0 Å². The standard InChI is InChI=1S/C25H25NO/c1-2-5-20(6-3-1)21-10-8-19(9-11-21)18-26-15-4-7-24(26)23-13-12-22-14-16-27-25(22)17-23/h1-3,5-6,8-13,17,24H,4,7,14-16,18H2/t24-/m0/s1. The highest BCUT2D eigenvalue weighted by Crippen LogP contribution is 2.37. The van der Waals surface area contributed by atoms with E-state index in [1.54, 1.807) is 0 Å². The molecule has 0 radical (unpaired) electrons. The van der Waals surface area contributed by atoms with E-state index in [4.69, 9.17) is 4.74 Å². The molecule has 1 saturated heterocycles. The lowest BCUT2D eigenvalue weighted by molar-refractivity contribution is 0.248. The van der Waals surface area contributed by atoms with E-state index in [1.807, 2.05) is 0 Å². The maximum atomic E-state index is 5.79. The topological polar surface area (TPSA) is 12.5 Å². The fraction of sp³-hybridized carbons (Fsp3) is 0.280. The zero-order valence-corrected chi connectivity index (χ0v) is 15.6. The van der Waals surface area contributed by atoms with E-state index in [9.17, 15) is 0 Å². The van der Waals surface area contributed by atoms with Crippen LogP contribution >= 0.6 is 0 Å². The zero-order chi connectivity index (χ0) is 18.1. The van der Waals surface area contributed by atoms with Crippen LogP contribution in [0.5, 0.6) is 5.75 Å². The smallest absolute Gasteiger partial charge is 0.122 e. The molecule has 136 valence electrons. The van der Waals surface area contributed by atoms with Crippen LogP contribution < -0.4 is 4.74 Å². The number of nitrogens with zero attached hydrogens (tertiary/aromatic N) is 1. The summed E-state index contributed by atoms with van der Waals surface area (Å²) in [4.78, 5) is 2.62. The largest absolute Gasteiger partial charge is 0.493 e. The Balaban J connectivity index is 1.32. The third-order valence-electron chi connectivity index (χ3n) is 5.92. The summed E-state index contributed by atoms with van der Waals surface area (Å²) >= 11 is 0. The molecule has 1 atom stereocenters. The molecule has 0 unspecified atom stereocenters. The molecule has 0 aliphatic carbocycles. The van der Waals surface area contributed by atoms with E-state index in [0.717, 1.165) is 25.3 Å². The minimum atomic E-state index is 0.508. The molecule has 2 heteroatoms. The van der Waals surface area contributed by atoms with E-state index < -0.39 is 0 Å². The van der Waals surface area contributed by atoms with E-state index >= 15 is 0 Å². The van der Waals surface area contributed by atoms with Crippen molar-refractivity contribution in [3.8, 4) is 16.9 Å². The van der Waals surface area contributed by atoms with Crippen LogP contribution in [-0.2, 0) is 13.0 Å². The molecule has 0 saturated carbocycles. The van der Waals surface area contributed by atoms with Gasteiger partial charge in [-0.15, -0.1) is 0 Å². The van der Waals surface area contributed by atoms with Gasteiger partial charge in [0.25, 0.3) is 0 Å². The lowest BCUT2D eigenvalue weighted by atomic mass is 10.0. The third kappa shape index (κ3) is 3.38. The Morgan fingerprint density at radius 3 is 2.56 bits per heavy atom. The van der Waals surface area contributed by atoms with Crippen molar-refractivity contribution in [1.82, 2.24) is 4.90 Å². The van der Waals surface area contributed by atoms with Crippen LogP contribution in [0.3, 0.4) is 0 Å². The van der Waals surface area contributed by atoms with Gasteiger partial charge in [-0.1, -0.05) is 66.7 Å². The van der Waals surface area contributed by atoms with Crippen molar-refractivity contribution in [2.75, 3.05) is 13.2 Å². The van der Waals surface area contributed by atoms with Crippen molar-refractivity contribution in [3.63, 3.8) is 0 Å². The molecule has 0 spiro atoms. The Morgan fingerprint density at radius 2 is 1.70 bits per heavy atom. The van der Waals surface area contributed by atoms with Gasteiger partial charge in [-0.3, -0.25) is 4.90 Å². The minimum absolute atomic E-state index is 0.508. The quantitative estimate of drug-likeness (QED) is 0.602. The number of benzene rings is 3. The van der Waals surface area contributed by atoms with Crippen LogP contribution in [-0.4, -0.2) is 18.1 Å². The van der Waals surface area contributed by atoms with Crippen LogP contribution in [0, 0.1) is 0 Å². The molecule has 3 aromatic carbocycles. The molecule has 2 aliphatic rings. The number of likely N-dealkylation sites (tertiary alicyclic amines) is 1. The SMILES string of the molecule is c1ccc(-c2ccc(CN3CCC[C@H]3c3ccc4c(c3)OCC4)cc2)cc1. The first-order chi connectivity index (χ1) is 13.4. The number of ether oxygens (including phenoxy) is 1. The van der Waals surface area contributed by atoms with Crippen LogP contribution in [0.15, 0.2) is 72.8 Å². The summed E-state index contributed by atoms with van der Waals surface area (Å²) < 4.78 is 5.79. The van der Waals surface area contributed by atoms with Crippen molar-refractivity contribution in [3.05, 3.63) is 89.5 Å². The van der Waals surface area contributed by atoms with Gasteiger partial charge < -0.3 is 4.74 Å². The molecule has 2 heterocycles. The maximum Gasteiger partial charge on any atom is 0.122 e. The van der Waals surface area contributed by atoms with Crippen molar-refractivity contribution >= 4 is 0 Å². The van der Waals surface area contributed by atoms with Crippen LogP contribution in [0.1, 0.15) is 35.6 Å². The van der Waals surface area contributed by atoms with Gasteiger partial charge in [0, 0.05) is 19.0 Å². The fourth-order valence-electron chi connectivity index (χ4n) is 4.45. The number of rotatable bonds is 4. The average molecular weight is 355 g/mol. The second-order valence-corrected chi connectivity index (χ2v) is 7.66. The number of hydrogen-bond acceptors (Lipinski definition) is 2. The highest BCUT2D eigenvalue weighted by atomic mass is 16.5. The molecule has 5 rings (SSSR count). The van der Waals surface area contributed by atoms with E-state index in [-0.39, 0.29) is 0 Å². The van der Waals surface area contributed by atoms with E-state index in [1.165, 1.54) is 47.2 Å². The second-order valence-electron chi connectivity index (χ2n) is 7.66. The molecule has 1 fully saturated rings. The van der Waals surface area contributed by atoms with E-state index in [2.05, 4.69) is 77.7 Å². The Labute approximate surface area is 161 Å². The van der Waals surface area contributed by atoms with Crippen LogP contribution in [0.25, 0.3) is 11.1 Å². The van der Waals surface area contributed by atoms with Gasteiger partial charge in [0.15, 0.2) is 0 Å². The average Bonchev–Trinajstić information content (AvgIpc) is 3.38. The van der Waals surface area contributed by atoms with Gasteiger partial charge in [0.05, 0.1) is 6.61 Å². The lowest BCUT2D eigenvalue weighted by Gasteiger charge is -2.25. The summed E-state index contributed by atoms with van der Waals surface area (Å²) in [5.74, 6) is 1.10. The van der Waals surface area contributed by atoms with Gasteiger partial charge in [-0.05, 0) is 53.3 Å². The molecule has 3 aromatic rings. The van der Waals surface area contributed by atoms with Crippen LogP contribution in [0.2, 0.25) is 0 Å². The zero-order valence-electron chi connectivity index (χ0n) is 15.6. The van der Waals surface area contributed by atoms with Gasteiger partial charge in [-0.2, -0.15) is 0 Å². The van der Waals surface area contributed by atoms with Crippen molar-refractivity contribution in [1.29, 1.82) is 0 Å². The Morgan fingerprint density at radius 1 is 0.889 bits per heavy atom. The van der Waals surface area contributed by atoms with Gasteiger partial charge in [0.1, 0.15) is 5.75 Å². The molecule has 2 aliphatic heterocycles. The lowest BCUT2D eigenvalue weighted by Crippen LogP contribution is -2.22. The molecule has 0 aromatic heterocycles. The summed E-state index contributed by atoms with van der Waals surface area (Å²) in [6.45, 7) is 3.02. The Bertz CT molecular complexity index is 917. The third-order valence-corrected chi connectivity index (χ3v) is 5.92. The Hall–Kier alpha value is -2.58. The molecule has 0 amide bonds. The molecule has 27 heavy (non-hydrogen) atoms. The molecular formula is C25H25NO. The second kappa shape index (κ2) is 7.21. The van der Waals surface area contributed by atoms with Gasteiger partial charge in [0.2, 0.25) is 0 Å². The summed E-state index contributed by atoms with van der Waals surface area (Å²) in [6, 6.07) is 27.0. The summed E-state index contributed by atoms with van der Waals surface area (Å²) in [5, 5.41) is 0. The predicted molar refractivity (Wildman–Crippen MR) is 110 cm³/mol. The molecular weight excluding hydrogens is 330 g/mol. The van der Waals surface area contributed by atoms with Gasteiger partial charge in [-0.25, -0.2) is 0 Å². The maximum absolute atomic E-state index is 5.79. The van der Waals surface area contributed by atoms with Crippen molar-refractivity contribution in [2.24, 2.45) is 0 Å². The highest BCUT2D eigenvalue weighted by molar-refractivity contribution is 5.63. The number of fused-ring (bicyclic) bond motifs is 1. The van der Waals surface area contributed by atoms with E-state index in [0.29, 0.717) is 6.04 Å². The molecule has 0 bridgehead atoms. The first kappa shape index (κ1) is 16.6. The molecule has 0 N–H and O–H groups in total. The first-order valence-corrected chi connectivity index (χ1v) is 10.0. The first-order valence-electron chi connectivity index (χ1n) is 10.0. The number of hydrogen-bond donors (Lipinski definition) is 0. The van der Waals surface area contributed by atoms with Gasteiger partial charge >= 0.3 is 0 Å². The monoisotopic (exact) mass is 355 g/mol. The minimum Gasteiger partial charge on any atom is -0.493 e. The van der Waals surface area contributed by atoms with Crippen molar-refractivity contribution < 1.29 is 4.74 Å². The highest BCUT2D eigenvalue weighted by Gasteiger charge is 2.27. The Kier molecular flexibility index (Phi) is 4.43.